The lowest BCUT2D eigenvalue weighted by molar-refractivity contribution is -0.125. The minimum absolute atomic E-state index is 0.0226. The summed E-state index contributed by atoms with van der Waals surface area (Å²) in [5.41, 5.74) is 8.49. The number of ether oxygens (including phenoxy) is 1. The first-order valence-corrected chi connectivity index (χ1v) is 9.15. The highest BCUT2D eigenvalue weighted by molar-refractivity contribution is 5.99. The normalized spacial score (nSPS) is 15.7. The zero-order valence-electron chi connectivity index (χ0n) is 15.3. The Morgan fingerprint density at radius 1 is 0.964 bits per heavy atom. The van der Waals surface area contributed by atoms with E-state index < -0.39 is 5.41 Å². The van der Waals surface area contributed by atoms with Crippen molar-refractivity contribution in [3.63, 3.8) is 0 Å². The van der Waals surface area contributed by atoms with Gasteiger partial charge in [0, 0.05) is 49.3 Å². The van der Waals surface area contributed by atoms with Crippen molar-refractivity contribution in [3.8, 4) is 11.1 Å². The molecule has 0 atom stereocenters. The van der Waals surface area contributed by atoms with Crippen LogP contribution in [0.4, 0.5) is 11.6 Å². The fourth-order valence-electron chi connectivity index (χ4n) is 3.52. The Morgan fingerprint density at radius 3 is 2.25 bits per heavy atom. The molecule has 1 aliphatic rings. The number of hydrogen-bond donors (Lipinski definition) is 2. The van der Waals surface area contributed by atoms with Crippen molar-refractivity contribution < 1.29 is 9.53 Å². The van der Waals surface area contributed by atoms with Gasteiger partial charge in [-0.15, -0.1) is 0 Å². The molecular formula is C21H21N5O2. The molecule has 1 aromatic carbocycles. The van der Waals surface area contributed by atoms with E-state index in [2.05, 4.69) is 20.3 Å². The fraction of sp³-hybridized carbons (Fsp3) is 0.238. The zero-order chi connectivity index (χ0) is 19.4. The minimum Gasteiger partial charge on any atom is -0.381 e. The number of anilines is 2. The van der Waals surface area contributed by atoms with Gasteiger partial charge in [-0.1, -0.05) is 24.3 Å². The number of nitrogen functional groups attached to an aromatic ring is 1. The molecule has 0 aliphatic carbocycles. The third-order valence-corrected chi connectivity index (χ3v) is 5.16. The first-order chi connectivity index (χ1) is 13.7. The monoisotopic (exact) mass is 375 g/mol. The van der Waals surface area contributed by atoms with Gasteiger partial charge in [0.2, 0.25) is 11.9 Å². The maximum Gasteiger partial charge on any atom is 0.235 e. The van der Waals surface area contributed by atoms with E-state index in [-0.39, 0.29) is 11.9 Å². The summed E-state index contributed by atoms with van der Waals surface area (Å²) in [4.78, 5) is 25.3. The van der Waals surface area contributed by atoms with Crippen LogP contribution < -0.4 is 11.1 Å². The largest absolute Gasteiger partial charge is 0.381 e. The van der Waals surface area contributed by atoms with E-state index in [4.69, 9.17) is 10.5 Å². The van der Waals surface area contributed by atoms with Gasteiger partial charge < -0.3 is 15.8 Å². The van der Waals surface area contributed by atoms with Gasteiger partial charge in [-0.05, 0) is 36.1 Å². The molecule has 1 aliphatic heterocycles. The molecule has 3 aromatic rings. The first kappa shape index (κ1) is 18.1. The number of rotatable bonds is 4. The number of benzene rings is 1. The average molecular weight is 375 g/mol. The van der Waals surface area contributed by atoms with Crippen molar-refractivity contribution in [2.45, 2.75) is 18.3 Å². The summed E-state index contributed by atoms with van der Waals surface area (Å²) in [6.45, 7) is 1.11. The van der Waals surface area contributed by atoms with E-state index in [1.54, 1.807) is 36.9 Å². The standard InChI is InChI=1S/C21H21N5O2/c22-20-24-13-16(14-25-20)15-1-3-17(4-2-15)21(7-11-28-12-8-21)19(27)26-18-5-9-23-10-6-18/h1-6,9-10,13-14H,7-8,11-12H2,(H2,22,24,25)(H,23,26,27). The van der Waals surface area contributed by atoms with Gasteiger partial charge in [0.15, 0.2) is 0 Å². The van der Waals surface area contributed by atoms with Crippen molar-refractivity contribution in [2.75, 3.05) is 24.3 Å². The predicted octanol–water partition coefficient (Wildman–Crippen LogP) is 2.81. The van der Waals surface area contributed by atoms with Crippen molar-refractivity contribution in [2.24, 2.45) is 0 Å². The number of nitrogens with two attached hydrogens (primary N) is 1. The van der Waals surface area contributed by atoms with Gasteiger partial charge in [0.1, 0.15) is 0 Å². The molecule has 0 radical (unpaired) electrons. The Labute approximate surface area is 163 Å². The van der Waals surface area contributed by atoms with Gasteiger partial charge in [0.25, 0.3) is 0 Å². The Morgan fingerprint density at radius 2 is 1.61 bits per heavy atom. The SMILES string of the molecule is Nc1ncc(-c2ccc(C3(C(=O)Nc4ccncc4)CCOCC3)cc2)cn1. The summed E-state index contributed by atoms with van der Waals surface area (Å²) in [6, 6.07) is 11.6. The maximum absolute atomic E-state index is 13.3. The summed E-state index contributed by atoms with van der Waals surface area (Å²) in [6.07, 6.45) is 7.98. The van der Waals surface area contributed by atoms with Crippen LogP contribution in [0.3, 0.4) is 0 Å². The molecule has 0 unspecified atom stereocenters. The van der Waals surface area contributed by atoms with Crippen LogP contribution in [-0.2, 0) is 14.9 Å². The number of amides is 1. The van der Waals surface area contributed by atoms with Crippen molar-refractivity contribution in [1.29, 1.82) is 0 Å². The molecule has 0 saturated carbocycles. The van der Waals surface area contributed by atoms with Gasteiger partial charge >= 0.3 is 0 Å². The lowest BCUT2D eigenvalue weighted by Crippen LogP contribution is -2.44. The first-order valence-electron chi connectivity index (χ1n) is 9.15. The van der Waals surface area contributed by atoms with Crippen molar-refractivity contribution in [1.82, 2.24) is 15.0 Å². The highest BCUT2D eigenvalue weighted by atomic mass is 16.5. The zero-order valence-corrected chi connectivity index (χ0v) is 15.3. The molecule has 2 aromatic heterocycles. The molecule has 0 spiro atoms. The fourth-order valence-corrected chi connectivity index (χ4v) is 3.52. The number of hydrogen-bond acceptors (Lipinski definition) is 6. The molecule has 3 heterocycles. The predicted molar refractivity (Wildman–Crippen MR) is 106 cm³/mol. The highest BCUT2D eigenvalue weighted by Crippen LogP contribution is 2.37. The molecule has 4 rings (SSSR count). The molecule has 7 nitrogen and oxygen atoms in total. The third-order valence-electron chi connectivity index (χ3n) is 5.16. The Kier molecular flexibility index (Phi) is 4.99. The van der Waals surface area contributed by atoms with Gasteiger partial charge in [-0.3, -0.25) is 9.78 Å². The second-order valence-electron chi connectivity index (χ2n) is 6.79. The third kappa shape index (κ3) is 3.57. The van der Waals surface area contributed by atoms with E-state index in [0.717, 1.165) is 22.4 Å². The quantitative estimate of drug-likeness (QED) is 0.727. The minimum atomic E-state index is -0.627. The Balaban J connectivity index is 1.63. The van der Waals surface area contributed by atoms with E-state index in [1.165, 1.54) is 0 Å². The average Bonchev–Trinajstić information content (AvgIpc) is 2.75. The molecule has 0 bridgehead atoms. The van der Waals surface area contributed by atoms with Crippen LogP contribution in [0.1, 0.15) is 18.4 Å². The number of nitrogens with one attached hydrogen (secondary N) is 1. The van der Waals surface area contributed by atoms with Crippen LogP contribution in [0.15, 0.2) is 61.2 Å². The molecule has 1 saturated heterocycles. The van der Waals surface area contributed by atoms with Gasteiger partial charge in [0.05, 0.1) is 5.41 Å². The van der Waals surface area contributed by atoms with Crippen LogP contribution in [0.5, 0.6) is 0 Å². The smallest absolute Gasteiger partial charge is 0.235 e. The van der Waals surface area contributed by atoms with E-state index in [0.29, 0.717) is 26.1 Å². The van der Waals surface area contributed by atoms with Crippen LogP contribution in [0.2, 0.25) is 0 Å². The van der Waals surface area contributed by atoms with Crippen molar-refractivity contribution >= 4 is 17.5 Å². The summed E-state index contributed by atoms with van der Waals surface area (Å²) in [5, 5.41) is 3.04. The molecule has 28 heavy (non-hydrogen) atoms. The number of pyridine rings is 1. The van der Waals surface area contributed by atoms with Gasteiger partial charge in [-0.2, -0.15) is 0 Å². The molecular weight excluding hydrogens is 354 g/mol. The number of aromatic nitrogens is 3. The van der Waals surface area contributed by atoms with Gasteiger partial charge in [-0.25, -0.2) is 9.97 Å². The van der Waals surface area contributed by atoms with Crippen LogP contribution in [-0.4, -0.2) is 34.1 Å². The second-order valence-corrected chi connectivity index (χ2v) is 6.79. The van der Waals surface area contributed by atoms with Crippen LogP contribution >= 0.6 is 0 Å². The van der Waals surface area contributed by atoms with E-state index >= 15 is 0 Å². The summed E-state index contributed by atoms with van der Waals surface area (Å²) in [5.74, 6) is 0.222. The van der Waals surface area contributed by atoms with E-state index in [9.17, 15) is 4.79 Å². The number of nitrogens with zero attached hydrogens (tertiary/aromatic N) is 3. The molecule has 1 amide bonds. The lowest BCUT2D eigenvalue weighted by Gasteiger charge is -2.36. The van der Waals surface area contributed by atoms with E-state index in [1.807, 2.05) is 24.3 Å². The lowest BCUT2D eigenvalue weighted by atomic mass is 9.73. The maximum atomic E-state index is 13.3. The molecule has 1 fully saturated rings. The molecule has 3 N–H and O–H groups in total. The topological polar surface area (TPSA) is 103 Å². The number of carbonyl (C=O) groups excluding carboxylic acids is 1. The Hall–Kier alpha value is -3.32. The molecule has 142 valence electrons. The number of carbonyl (C=O) groups is 1. The molecule has 7 heteroatoms. The summed E-state index contributed by atoms with van der Waals surface area (Å²) >= 11 is 0. The highest BCUT2D eigenvalue weighted by Gasteiger charge is 2.41. The summed E-state index contributed by atoms with van der Waals surface area (Å²) in [7, 11) is 0. The van der Waals surface area contributed by atoms with Crippen molar-refractivity contribution in [3.05, 3.63) is 66.7 Å². The Bertz CT molecular complexity index is 937. The summed E-state index contributed by atoms with van der Waals surface area (Å²) < 4.78 is 5.53. The van der Waals surface area contributed by atoms with Crippen LogP contribution in [0, 0.1) is 0 Å². The van der Waals surface area contributed by atoms with Crippen LogP contribution in [0.25, 0.3) is 11.1 Å². The second kappa shape index (κ2) is 7.74.